The van der Waals surface area contributed by atoms with E-state index in [1.54, 1.807) is 11.3 Å². The molecule has 5 heteroatoms. The first-order valence-corrected chi connectivity index (χ1v) is 7.06. The number of aromatic nitrogens is 1. The number of nitrogens with one attached hydrogen (secondary N) is 1. The summed E-state index contributed by atoms with van der Waals surface area (Å²) in [6.45, 7) is 0.567. The van der Waals surface area contributed by atoms with Gasteiger partial charge in [0.15, 0.2) is 0 Å². The Kier molecular flexibility index (Phi) is 4.12. The summed E-state index contributed by atoms with van der Waals surface area (Å²) < 4.78 is 0. The average molecular weight is 253 g/mol. The van der Waals surface area contributed by atoms with Crippen molar-refractivity contribution in [3.8, 4) is 0 Å². The Bertz CT molecular complexity index is 358. The molecular weight excluding hydrogens is 234 g/mol. The molecule has 4 nitrogen and oxygen atoms in total. The van der Waals surface area contributed by atoms with Crippen LogP contribution in [-0.2, 0) is 10.3 Å². The molecule has 3 N–H and O–H groups in total. The number of amides is 1. The Morgan fingerprint density at radius 3 is 2.88 bits per heavy atom. The fourth-order valence-corrected chi connectivity index (χ4v) is 3.28. The van der Waals surface area contributed by atoms with Crippen LogP contribution < -0.4 is 11.1 Å². The molecule has 1 heterocycles. The third kappa shape index (κ3) is 2.84. The number of nitrogens with zero attached hydrogens (tertiary/aromatic N) is 1. The lowest BCUT2D eigenvalue weighted by atomic mass is 9.98. The molecular formula is C12H19N3OS. The van der Waals surface area contributed by atoms with Crippen LogP contribution >= 0.6 is 11.3 Å². The van der Waals surface area contributed by atoms with Crippen LogP contribution in [0.3, 0.4) is 0 Å². The summed E-state index contributed by atoms with van der Waals surface area (Å²) >= 11 is 1.63. The number of nitrogens with two attached hydrogens (primary N) is 1. The maximum absolute atomic E-state index is 11.9. The highest BCUT2D eigenvalue weighted by molar-refractivity contribution is 7.09. The van der Waals surface area contributed by atoms with Gasteiger partial charge in [0.25, 0.3) is 0 Å². The monoisotopic (exact) mass is 253 g/mol. The Balaban J connectivity index is 2.05. The minimum Gasteiger partial charge on any atom is -0.344 e. The first kappa shape index (κ1) is 12.5. The van der Waals surface area contributed by atoms with Crippen LogP contribution in [0.4, 0.5) is 0 Å². The number of thiazole rings is 1. The summed E-state index contributed by atoms with van der Waals surface area (Å²) in [4.78, 5) is 16.3. The number of hydrogen-bond acceptors (Lipinski definition) is 4. The topological polar surface area (TPSA) is 68.0 Å². The van der Waals surface area contributed by atoms with Crippen molar-refractivity contribution in [1.82, 2.24) is 10.3 Å². The molecule has 17 heavy (non-hydrogen) atoms. The summed E-state index contributed by atoms with van der Waals surface area (Å²) in [5.41, 5.74) is 5.23. The van der Waals surface area contributed by atoms with Crippen LogP contribution in [0.25, 0.3) is 0 Å². The van der Waals surface area contributed by atoms with Crippen LogP contribution in [-0.4, -0.2) is 17.4 Å². The van der Waals surface area contributed by atoms with Gasteiger partial charge in [-0.3, -0.25) is 4.79 Å². The second-order valence-electron chi connectivity index (χ2n) is 4.57. The highest BCUT2D eigenvalue weighted by Crippen LogP contribution is 2.39. The van der Waals surface area contributed by atoms with E-state index in [-0.39, 0.29) is 11.4 Å². The summed E-state index contributed by atoms with van der Waals surface area (Å²) in [7, 11) is 0. The first-order valence-electron chi connectivity index (χ1n) is 6.18. The van der Waals surface area contributed by atoms with E-state index in [0.29, 0.717) is 13.0 Å². The van der Waals surface area contributed by atoms with Gasteiger partial charge >= 0.3 is 0 Å². The molecule has 1 aromatic rings. The molecule has 0 aliphatic heterocycles. The third-order valence-corrected chi connectivity index (χ3v) is 4.26. The molecule has 94 valence electrons. The van der Waals surface area contributed by atoms with Gasteiger partial charge in [-0.15, -0.1) is 11.3 Å². The van der Waals surface area contributed by atoms with Gasteiger partial charge < -0.3 is 11.1 Å². The Labute approximate surface area is 106 Å². The van der Waals surface area contributed by atoms with Gasteiger partial charge in [0.1, 0.15) is 5.01 Å². The van der Waals surface area contributed by atoms with Crippen molar-refractivity contribution in [2.45, 2.75) is 44.1 Å². The highest BCUT2D eigenvalue weighted by atomic mass is 32.1. The molecule has 0 atom stereocenters. The maximum Gasteiger partial charge on any atom is 0.220 e. The van der Waals surface area contributed by atoms with E-state index in [1.807, 2.05) is 11.6 Å². The lowest BCUT2D eigenvalue weighted by molar-refractivity contribution is -0.123. The van der Waals surface area contributed by atoms with Gasteiger partial charge in [-0.05, 0) is 25.8 Å². The van der Waals surface area contributed by atoms with E-state index in [9.17, 15) is 4.79 Å². The molecule has 1 aromatic heterocycles. The van der Waals surface area contributed by atoms with Crippen LogP contribution in [0.2, 0.25) is 0 Å². The van der Waals surface area contributed by atoms with E-state index in [1.165, 1.54) is 0 Å². The zero-order valence-electron chi connectivity index (χ0n) is 9.95. The molecule has 1 amide bonds. The van der Waals surface area contributed by atoms with E-state index in [0.717, 1.165) is 37.1 Å². The van der Waals surface area contributed by atoms with Crippen molar-refractivity contribution >= 4 is 17.2 Å². The standard InChI is InChI=1S/C12H19N3OS/c13-7-3-4-10(16)15-12(5-1-2-6-12)11-14-8-9-17-11/h8-9H,1-7,13H2,(H,15,16). The minimum absolute atomic E-state index is 0.104. The molecule has 0 unspecified atom stereocenters. The van der Waals surface area contributed by atoms with Crippen molar-refractivity contribution in [2.75, 3.05) is 6.54 Å². The van der Waals surface area contributed by atoms with Gasteiger partial charge in [-0.1, -0.05) is 12.8 Å². The molecule has 0 aromatic carbocycles. The summed E-state index contributed by atoms with van der Waals surface area (Å²) in [6.07, 6.45) is 7.42. The summed E-state index contributed by atoms with van der Waals surface area (Å²) in [5, 5.41) is 6.21. The Morgan fingerprint density at radius 1 is 1.53 bits per heavy atom. The lowest BCUT2D eigenvalue weighted by Gasteiger charge is -2.28. The zero-order valence-corrected chi connectivity index (χ0v) is 10.8. The smallest absolute Gasteiger partial charge is 0.220 e. The minimum atomic E-state index is -0.195. The molecule has 1 aliphatic rings. The zero-order chi connectivity index (χ0) is 12.1. The Hall–Kier alpha value is -0.940. The summed E-state index contributed by atoms with van der Waals surface area (Å²) in [6, 6.07) is 0. The van der Waals surface area contributed by atoms with Crippen LogP contribution in [0.1, 0.15) is 43.5 Å². The quantitative estimate of drug-likeness (QED) is 0.840. The number of carbonyl (C=O) groups is 1. The number of carbonyl (C=O) groups excluding carboxylic acids is 1. The molecule has 1 saturated carbocycles. The van der Waals surface area contributed by atoms with Crippen LogP contribution in [0.5, 0.6) is 0 Å². The van der Waals surface area contributed by atoms with E-state index in [4.69, 9.17) is 5.73 Å². The molecule has 0 bridgehead atoms. The second-order valence-corrected chi connectivity index (χ2v) is 5.46. The van der Waals surface area contributed by atoms with E-state index in [2.05, 4.69) is 10.3 Å². The predicted molar refractivity (Wildman–Crippen MR) is 68.7 cm³/mol. The van der Waals surface area contributed by atoms with Crippen molar-refractivity contribution in [3.05, 3.63) is 16.6 Å². The highest BCUT2D eigenvalue weighted by Gasteiger charge is 2.38. The van der Waals surface area contributed by atoms with Gasteiger partial charge in [-0.2, -0.15) is 0 Å². The average Bonchev–Trinajstić information content (AvgIpc) is 2.96. The lowest BCUT2D eigenvalue weighted by Crippen LogP contribution is -2.43. The van der Waals surface area contributed by atoms with Gasteiger partial charge in [0.05, 0.1) is 5.54 Å². The van der Waals surface area contributed by atoms with E-state index >= 15 is 0 Å². The van der Waals surface area contributed by atoms with Crippen molar-refractivity contribution in [1.29, 1.82) is 0 Å². The Morgan fingerprint density at radius 2 is 2.29 bits per heavy atom. The molecule has 0 radical (unpaired) electrons. The third-order valence-electron chi connectivity index (χ3n) is 3.29. The summed E-state index contributed by atoms with van der Waals surface area (Å²) in [5.74, 6) is 0.104. The fourth-order valence-electron chi connectivity index (χ4n) is 2.42. The first-order chi connectivity index (χ1) is 8.27. The molecule has 0 spiro atoms. The SMILES string of the molecule is NCCCC(=O)NC1(c2nccs2)CCCC1. The molecule has 0 saturated heterocycles. The largest absolute Gasteiger partial charge is 0.344 e. The second kappa shape index (κ2) is 5.60. The molecule has 2 rings (SSSR count). The van der Waals surface area contributed by atoms with Crippen molar-refractivity contribution in [2.24, 2.45) is 5.73 Å². The van der Waals surface area contributed by atoms with E-state index < -0.39 is 0 Å². The molecule has 1 fully saturated rings. The normalized spacial score (nSPS) is 18.2. The van der Waals surface area contributed by atoms with Crippen LogP contribution in [0.15, 0.2) is 11.6 Å². The van der Waals surface area contributed by atoms with Gasteiger partial charge in [-0.25, -0.2) is 4.98 Å². The van der Waals surface area contributed by atoms with Gasteiger partial charge in [0, 0.05) is 18.0 Å². The molecule has 1 aliphatic carbocycles. The predicted octanol–water partition coefficient (Wildman–Crippen LogP) is 1.77. The maximum atomic E-state index is 11.9. The van der Waals surface area contributed by atoms with Crippen LogP contribution in [0, 0.1) is 0 Å². The van der Waals surface area contributed by atoms with Crippen molar-refractivity contribution in [3.63, 3.8) is 0 Å². The van der Waals surface area contributed by atoms with Gasteiger partial charge in [0.2, 0.25) is 5.91 Å². The fraction of sp³-hybridized carbons (Fsp3) is 0.667. The van der Waals surface area contributed by atoms with Crippen molar-refractivity contribution < 1.29 is 4.79 Å². The number of rotatable bonds is 5. The number of hydrogen-bond donors (Lipinski definition) is 2.